The van der Waals surface area contributed by atoms with Crippen LogP contribution in [-0.2, 0) is 28.9 Å². The standard InChI is InChI=1S/C29H31ClN4O4S/c1-36-13-12-20-17-31-34(19-20)26-11-9-23(33-29(35)14-21-6-4-5-7-25(21)30)15-28(26)39-32-18-22-8-10-24(37-2)16-27(22)38-3/h4-11,15-17,19,32H,12-14,18H2,1-3H3,(H,33,35). The van der Waals surface area contributed by atoms with Crippen LogP contribution in [0.1, 0.15) is 16.7 Å². The van der Waals surface area contributed by atoms with Gasteiger partial charge in [-0.3, -0.25) is 9.52 Å². The highest BCUT2D eigenvalue weighted by molar-refractivity contribution is 7.97. The third kappa shape index (κ3) is 7.77. The number of benzene rings is 3. The molecule has 0 saturated carbocycles. The number of aromatic nitrogens is 2. The summed E-state index contributed by atoms with van der Waals surface area (Å²) in [5.41, 5.74) is 4.38. The van der Waals surface area contributed by atoms with Crippen LogP contribution in [0.5, 0.6) is 11.5 Å². The minimum atomic E-state index is -0.149. The summed E-state index contributed by atoms with van der Waals surface area (Å²) in [6.07, 6.45) is 4.77. The van der Waals surface area contributed by atoms with Crippen molar-refractivity contribution in [1.29, 1.82) is 0 Å². The number of halogens is 1. The van der Waals surface area contributed by atoms with Gasteiger partial charge < -0.3 is 19.5 Å². The first-order chi connectivity index (χ1) is 19.0. The quantitative estimate of drug-likeness (QED) is 0.200. The number of nitrogens with one attached hydrogen (secondary N) is 2. The summed E-state index contributed by atoms with van der Waals surface area (Å²) in [7, 11) is 4.94. The SMILES string of the molecule is COCCc1cnn(-c2ccc(NC(=O)Cc3ccccc3Cl)cc2SNCc2ccc(OC)cc2OC)c1. The molecular formula is C29H31ClN4O4S. The molecule has 8 nitrogen and oxygen atoms in total. The zero-order valence-corrected chi connectivity index (χ0v) is 23.6. The van der Waals surface area contributed by atoms with E-state index in [-0.39, 0.29) is 12.3 Å². The van der Waals surface area contributed by atoms with E-state index in [0.717, 1.165) is 45.2 Å². The van der Waals surface area contributed by atoms with Crippen LogP contribution in [0.2, 0.25) is 5.02 Å². The van der Waals surface area contributed by atoms with Gasteiger partial charge in [0.2, 0.25) is 5.91 Å². The third-order valence-electron chi connectivity index (χ3n) is 5.97. The molecule has 1 amide bonds. The Morgan fingerprint density at radius 3 is 2.64 bits per heavy atom. The second-order valence-electron chi connectivity index (χ2n) is 8.64. The van der Waals surface area contributed by atoms with Gasteiger partial charge in [-0.2, -0.15) is 5.10 Å². The van der Waals surface area contributed by atoms with Crippen LogP contribution in [0.4, 0.5) is 5.69 Å². The van der Waals surface area contributed by atoms with E-state index in [1.807, 2.05) is 71.7 Å². The van der Waals surface area contributed by atoms with E-state index in [1.165, 1.54) is 11.9 Å². The van der Waals surface area contributed by atoms with Crippen molar-refractivity contribution in [2.75, 3.05) is 33.3 Å². The lowest BCUT2D eigenvalue weighted by atomic mass is 10.1. The lowest BCUT2D eigenvalue weighted by molar-refractivity contribution is -0.115. The fourth-order valence-electron chi connectivity index (χ4n) is 3.91. The van der Waals surface area contributed by atoms with E-state index in [2.05, 4.69) is 15.1 Å². The number of hydrogen-bond acceptors (Lipinski definition) is 7. The molecule has 0 fully saturated rings. The molecule has 0 saturated heterocycles. The highest BCUT2D eigenvalue weighted by atomic mass is 35.5. The molecule has 39 heavy (non-hydrogen) atoms. The van der Waals surface area contributed by atoms with Crippen molar-refractivity contribution in [1.82, 2.24) is 14.5 Å². The summed E-state index contributed by atoms with van der Waals surface area (Å²) in [6, 6.07) is 18.8. The van der Waals surface area contributed by atoms with Crippen LogP contribution in [0.15, 0.2) is 78.0 Å². The van der Waals surface area contributed by atoms with Crippen molar-refractivity contribution in [3.05, 3.63) is 94.8 Å². The molecule has 1 aromatic heterocycles. The Labute approximate surface area is 237 Å². The summed E-state index contributed by atoms with van der Waals surface area (Å²) in [6.45, 7) is 1.16. The Morgan fingerprint density at radius 1 is 1.03 bits per heavy atom. The highest BCUT2D eigenvalue weighted by Crippen LogP contribution is 2.30. The monoisotopic (exact) mass is 566 g/mol. The van der Waals surface area contributed by atoms with Crippen molar-refractivity contribution < 1.29 is 19.0 Å². The molecule has 3 aromatic carbocycles. The fourth-order valence-corrected chi connectivity index (χ4v) is 4.95. The van der Waals surface area contributed by atoms with Crippen molar-refractivity contribution in [2.45, 2.75) is 24.3 Å². The van der Waals surface area contributed by atoms with Gasteiger partial charge in [-0.05, 0) is 59.8 Å². The molecule has 0 radical (unpaired) electrons. The molecule has 4 aromatic rings. The van der Waals surface area contributed by atoms with Crippen LogP contribution < -0.4 is 19.5 Å². The molecule has 0 aliphatic heterocycles. The van der Waals surface area contributed by atoms with Gasteiger partial charge >= 0.3 is 0 Å². The molecule has 0 aliphatic carbocycles. The van der Waals surface area contributed by atoms with Crippen LogP contribution in [0, 0.1) is 0 Å². The van der Waals surface area contributed by atoms with Crippen molar-refractivity contribution in [3.63, 3.8) is 0 Å². The molecule has 0 atom stereocenters. The predicted octanol–water partition coefficient (Wildman–Crippen LogP) is 5.71. The Hall–Kier alpha value is -3.50. The van der Waals surface area contributed by atoms with Gasteiger partial charge in [0.25, 0.3) is 0 Å². The van der Waals surface area contributed by atoms with E-state index >= 15 is 0 Å². The van der Waals surface area contributed by atoms with E-state index in [9.17, 15) is 4.79 Å². The zero-order valence-electron chi connectivity index (χ0n) is 22.1. The van der Waals surface area contributed by atoms with Gasteiger partial charge in [-0.15, -0.1) is 0 Å². The first-order valence-corrected chi connectivity index (χ1v) is 13.5. The number of methoxy groups -OCH3 is 3. The van der Waals surface area contributed by atoms with Gasteiger partial charge in [0.15, 0.2) is 0 Å². The Kier molecular flexibility index (Phi) is 10.3. The molecule has 0 bridgehead atoms. The average molecular weight is 567 g/mol. The zero-order chi connectivity index (χ0) is 27.6. The number of hydrogen-bond donors (Lipinski definition) is 2. The average Bonchev–Trinajstić information content (AvgIpc) is 3.42. The summed E-state index contributed by atoms with van der Waals surface area (Å²) >= 11 is 7.69. The van der Waals surface area contributed by atoms with Crippen molar-refractivity contribution in [2.24, 2.45) is 0 Å². The number of carbonyl (C=O) groups excluding carboxylic acids is 1. The second kappa shape index (κ2) is 14.0. The fraction of sp³-hybridized carbons (Fsp3) is 0.241. The maximum atomic E-state index is 12.8. The predicted molar refractivity (Wildman–Crippen MR) is 155 cm³/mol. The normalized spacial score (nSPS) is 10.9. The molecule has 0 aliphatic rings. The first kappa shape index (κ1) is 28.5. The first-order valence-electron chi connectivity index (χ1n) is 12.3. The molecular weight excluding hydrogens is 536 g/mol. The summed E-state index contributed by atoms with van der Waals surface area (Å²) in [5, 5.41) is 8.11. The van der Waals surface area contributed by atoms with E-state index in [4.69, 9.17) is 25.8 Å². The van der Waals surface area contributed by atoms with Crippen LogP contribution in [0.3, 0.4) is 0 Å². The lowest BCUT2D eigenvalue weighted by Crippen LogP contribution is -2.15. The van der Waals surface area contributed by atoms with Gasteiger partial charge in [0.05, 0.1) is 44.0 Å². The van der Waals surface area contributed by atoms with Gasteiger partial charge in [-0.1, -0.05) is 35.9 Å². The molecule has 2 N–H and O–H groups in total. The molecule has 0 spiro atoms. The Balaban J connectivity index is 1.53. The number of amides is 1. The summed E-state index contributed by atoms with van der Waals surface area (Å²) in [4.78, 5) is 13.7. The maximum absolute atomic E-state index is 12.8. The topological polar surface area (TPSA) is 86.6 Å². The van der Waals surface area contributed by atoms with E-state index < -0.39 is 0 Å². The number of carbonyl (C=O) groups is 1. The smallest absolute Gasteiger partial charge is 0.228 e. The highest BCUT2D eigenvalue weighted by Gasteiger charge is 2.13. The number of nitrogens with zero attached hydrogens (tertiary/aromatic N) is 2. The number of ether oxygens (including phenoxy) is 3. The third-order valence-corrected chi connectivity index (χ3v) is 7.17. The number of anilines is 1. The van der Waals surface area contributed by atoms with Gasteiger partial charge in [0.1, 0.15) is 11.5 Å². The number of rotatable bonds is 13. The van der Waals surface area contributed by atoms with Crippen LogP contribution >= 0.6 is 23.5 Å². The lowest BCUT2D eigenvalue weighted by Gasteiger charge is -2.14. The molecule has 1 heterocycles. The molecule has 4 rings (SSSR count). The van der Waals surface area contributed by atoms with E-state index in [0.29, 0.717) is 23.9 Å². The summed E-state index contributed by atoms with van der Waals surface area (Å²) in [5.74, 6) is 1.32. The van der Waals surface area contributed by atoms with Crippen LogP contribution in [0.25, 0.3) is 5.69 Å². The molecule has 10 heteroatoms. The minimum Gasteiger partial charge on any atom is -0.497 e. The van der Waals surface area contributed by atoms with Crippen LogP contribution in [-0.4, -0.2) is 43.6 Å². The Morgan fingerprint density at radius 2 is 1.87 bits per heavy atom. The van der Waals surface area contributed by atoms with E-state index in [1.54, 1.807) is 27.4 Å². The molecule has 204 valence electrons. The Bertz CT molecular complexity index is 1410. The largest absolute Gasteiger partial charge is 0.497 e. The van der Waals surface area contributed by atoms with Crippen molar-refractivity contribution >= 4 is 35.1 Å². The van der Waals surface area contributed by atoms with Gasteiger partial charge in [0, 0.05) is 42.2 Å². The van der Waals surface area contributed by atoms with Crippen molar-refractivity contribution in [3.8, 4) is 17.2 Å². The second-order valence-corrected chi connectivity index (χ2v) is 9.98. The van der Waals surface area contributed by atoms with Gasteiger partial charge in [-0.25, -0.2) is 4.68 Å². The molecule has 0 unspecified atom stereocenters. The summed E-state index contributed by atoms with van der Waals surface area (Å²) < 4.78 is 21.3. The maximum Gasteiger partial charge on any atom is 0.228 e. The minimum absolute atomic E-state index is 0.149.